The quantitative estimate of drug-likeness (QED) is 0.0324. The average molecular weight is 1020 g/mol. The summed E-state index contributed by atoms with van der Waals surface area (Å²) in [6.45, 7) is 8.21. The van der Waals surface area contributed by atoms with Crippen molar-refractivity contribution in [2.75, 3.05) is 23.9 Å². The first kappa shape index (κ1) is 66.4. The minimum Gasteiger partial charge on any atom is -0.744 e. The molecular formula is C28H27CuN5Na4O17S5-2. The van der Waals surface area contributed by atoms with Gasteiger partial charge in [-0.2, -0.15) is 27.5 Å². The van der Waals surface area contributed by atoms with Gasteiger partial charge in [0.1, 0.15) is 27.2 Å². The standard InChI is InChI=1S/C28H26N5O9S3.Cu.4Na.2H2O4S/c1-5-43(36,37)17-7-10-20(26(14-17)45(40,41)42)30-33-27-18-8-12-22(28(35)19(18)9-11-21(27)29-4)31-32-23-13-16(3)25(15-24(23)34)44(38,39)6-2;;;;;;2*1-5(2,3)4/h7-11,13-15,29,34-35H,1-2,5-6H2,3-4H3,(H,40,41,42);;;;;;2*(H2,1,2,3,4)/q-3;;4*+1;;/p-3. The number of hydrogen-bond acceptors (Lipinski definition) is 20. The van der Waals surface area contributed by atoms with Gasteiger partial charge in [0.2, 0.25) is 20.8 Å². The molecule has 0 aromatic heterocycles. The van der Waals surface area contributed by atoms with Crippen LogP contribution in [0.25, 0.3) is 10.8 Å². The Morgan fingerprint density at radius 2 is 1.18 bits per heavy atom. The maximum Gasteiger partial charge on any atom is 1.00 e. The number of azo groups is 2. The molecule has 0 saturated heterocycles. The molecule has 5 N–H and O–H groups in total. The Morgan fingerprint density at radius 3 is 1.65 bits per heavy atom. The number of hydrogen-bond donors (Lipinski definition) is 5. The summed E-state index contributed by atoms with van der Waals surface area (Å²) in [5.74, 6) is -1.83. The van der Waals surface area contributed by atoms with Crippen molar-refractivity contribution in [3.8, 4) is 11.5 Å². The molecule has 4 rings (SSSR count). The number of anilines is 1. The number of nitrogens with one attached hydrogen (secondary N) is 1. The fraction of sp³-hybridized carbons (Fsp3) is 0.143. The van der Waals surface area contributed by atoms with E-state index >= 15 is 0 Å². The van der Waals surface area contributed by atoms with Gasteiger partial charge in [-0.3, -0.25) is 9.11 Å². The molecule has 313 valence electrons. The molecule has 0 spiro atoms. The number of phenolic OH excluding ortho intramolecular Hbond substituents is 2. The Kier molecular flexibility index (Phi) is 30.2. The van der Waals surface area contributed by atoms with E-state index in [9.17, 15) is 40.0 Å². The van der Waals surface area contributed by atoms with Crippen molar-refractivity contribution in [3.05, 3.63) is 74.0 Å². The summed E-state index contributed by atoms with van der Waals surface area (Å²) in [6.07, 6.45) is 0. The summed E-state index contributed by atoms with van der Waals surface area (Å²) in [5, 5.41) is 40.6. The zero-order valence-corrected chi connectivity index (χ0v) is 45.2. The number of aryl methyl sites for hydroxylation is 1. The predicted octanol–water partition coefficient (Wildman–Crippen LogP) is -8.63. The molecule has 0 aliphatic carbocycles. The fourth-order valence-electron chi connectivity index (χ4n) is 4.17. The molecule has 0 heterocycles. The number of fused-ring (bicyclic) bond motifs is 1. The maximum atomic E-state index is 12.2. The van der Waals surface area contributed by atoms with Crippen molar-refractivity contribution >= 4 is 89.8 Å². The fourth-order valence-corrected chi connectivity index (χ4v) is 6.75. The van der Waals surface area contributed by atoms with Crippen LogP contribution < -0.4 is 124 Å². The van der Waals surface area contributed by atoms with E-state index in [1.165, 1.54) is 31.2 Å². The smallest absolute Gasteiger partial charge is 0.744 e. The first-order valence-corrected chi connectivity index (χ1v) is 21.5. The van der Waals surface area contributed by atoms with E-state index < -0.39 is 89.1 Å². The summed E-state index contributed by atoms with van der Waals surface area (Å²) in [4.78, 5) is -1.43. The molecule has 1 radical (unpaired) electrons. The Balaban J connectivity index is -0.000000937. The third kappa shape index (κ3) is 20.8. The van der Waals surface area contributed by atoms with Gasteiger partial charge in [-0.25, -0.2) is 42.1 Å². The van der Waals surface area contributed by atoms with E-state index in [2.05, 4.69) is 45.7 Å². The largest absolute Gasteiger partial charge is 1.00 e. The third-order valence-corrected chi connectivity index (χ3v) is 10.6. The van der Waals surface area contributed by atoms with Crippen molar-refractivity contribution in [2.24, 2.45) is 20.5 Å². The van der Waals surface area contributed by atoms with Crippen LogP contribution in [0.3, 0.4) is 0 Å². The van der Waals surface area contributed by atoms with Crippen LogP contribution in [0.15, 0.2) is 83.7 Å². The summed E-state index contributed by atoms with van der Waals surface area (Å²) in [6, 6.07) is 12.3. The third-order valence-electron chi connectivity index (χ3n) is 6.54. The zero-order valence-electron chi connectivity index (χ0n) is 32.2. The molecule has 0 atom stereocenters. The van der Waals surface area contributed by atoms with Crippen LogP contribution in [0.1, 0.15) is 5.56 Å². The van der Waals surface area contributed by atoms with Gasteiger partial charge >= 0.3 is 118 Å². The molecule has 0 bridgehead atoms. The second kappa shape index (κ2) is 27.3. The Labute approximate surface area is 445 Å². The molecule has 0 aliphatic heterocycles. The van der Waals surface area contributed by atoms with Crippen LogP contribution in [-0.2, 0) is 67.7 Å². The number of nitrogens with zero attached hydrogens (tertiary/aromatic N) is 4. The molecule has 22 nitrogen and oxygen atoms in total. The molecule has 0 aliphatic rings. The second-order valence-electron chi connectivity index (χ2n) is 10.2. The van der Waals surface area contributed by atoms with Gasteiger partial charge < -0.3 is 43.0 Å². The normalized spacial score (nSPS) is 11.6. The molecule has 0 fully saturated rings. The van der Waals surface area contributed by atoms with Crippen molar-refractivity contribution in [1.82, 2.24) is 0 Å². The van der Waals surface area contributed by atoms with Crippen molar-refractivity contribution in [2.45, 2.75) is 21.6 Å². The molecule has 0 unspecified atom stereocenters. The SMILES string of the molecule is O=S(=O)([O-])O.O=S(=O)([O-])O.[CH2-]CS(=O)(=O)c1ccc(N=Nc2c(NC)ccc3c(O)c(N=Nc4cc(C)c(S(=O)(=O)C[CH2-])cc4O)[c-]cc23)c(S(=O)(=O)[O-])c1.[Cu].[Na+].[Na+].[Na+].[Na+]. The molecule has 4 aromatic rings. The summed E-state index contributed by atoms with van der Waals surface area (Å²) in [5.41, 5.74) is 0.156. The number of rotatable bonds is 10. The van der Waals surface area contributed by atoms with Crippen LogP contribution in [0.2, 0.25) is 0 Å². The first-order valence-electron chi connectivity index (χ1n) is 14.1. The van der Waals surface area contributed by atoms with Gasteiger partial charge in [0, 0.05) is 47.3 Å². The van der Waals surface area contributed by atoms with E-state index in [4.69, 9.17) is 35.0 Å². The van der Waals surface area contributed by atoms with Gasteiger partial charge in [0.15, 0.2) is 19.7 Å². The number of phenols is 2. The zero-order chi connectivity index (χ0) is 42.3. The van der Waals surface area contributed by atoms with Crippen LogP contribution >= 0.6 is 0 Å². The molecular weight excluding hydrogens is 994 g/mol. The van der Waals surface area contributed by atoms with Gasteiger partial charge in [0.05, 0.1) is 20.4 Å². The van der Waals surface area contributed by atoms with Gasteiger partial charge in [-0.05, 0) is 42.8 Å². The topological polar surface area (TPSA) is 382 Å². The summed E-state index contributed by atoms with van der Waals surface area (Å²) < 4.78 is 150. The van der Waals surface area contributed by atoms with Gasteiger partial charge in [-0.15, -0.1) is 5.11 Å². The van der Waals surface area contributed by atoms with Gasteiger partial charge in [-0.1, -0.05) is 28.3 Å². The predicted molar refractivity (Wildman–Crippen MR) is 189 cm³/mol. The van der Waals surface area contributed by atoms with E-state index in [-0.39, 0.29) is 168 Å². The number of aromatic hydroxyl groups is 2. The van der Waals surface area contributed by atoms with Crippen LogP contribution in [-0.4, -0.2) is 93.6 Å². The maximum absolute atomic E-state index is 12.2. The molecule has 0 saturated carbocycles. The van der Waals surface area contributed by atoms with E-state index in [1.54, 1.807) is 7.05 Å². The Morgan fingerprint density at radius 1 is 0.683 bits per heavy atom. The molecule has 32 heteroatoms. The minimum absolute atomic E-state index is 0. The Hall–Kier alpha value is -0.191. The van der Waals surface area contributed by atoms with Crippen molar-refractivity contribution in [1.29, 1.82) is 0 Å². The summed E-state index contributed by atoms with van der Waals surface area (Å²) >= 11 is 0. The van der Waals surface area contributed by atoms with Crippen molar-refractivity contribution < 1.29 is 210 Å². The number of benzene rings is 4. The minimum atomic E-state index is -5.17. The monoisotopic (exact) mass is 1020 g/mol. The van der Waals surface area contributed by atoms with Gasteiger partial charge in [0.25, 0.3) is 0 Å². The molecule has 0 amide bonds. The Bertz CT molecular complexity index is 2700. The molecule has 60 heavy (non-hydrogen) atoms. The summed E-state index contributed by atoms with van der Waals surface area (Å²) in [7, 11) is -21.1. The average Bonchev–Trinajstić information content (AvgIpc) is 3.05. The van der Waals surface area contributed by atoms with Crippen LogP contribution in [0.4, 0.5) is 28.4 Å². The van der Waals surface area contributed by atoms with Crippen LogP contribution in [0, 0.1) is 26.8 Å². The first-order chi connectivity index (χ1) is 25.0. The van der Waals surface area contributed by atoms with E-state index in [1.807, 2.05) is 0 Å². The number of sulfone groups is 2. The van der Waals surface area contributed by atoms with Crippen LogP contribution in [0.5, 0.6) is 11.5 Å². The second-order valence-corrected chi connectivity index (χ2v) is 17.5. The molecule has 4 aromatic carbocycles. The van der Waals surface area contributed by atoms with Crippen molar-refractivity contribution in [3.63, 3.8) is 0 Å². The van der Waals surface area contributed by atoms with E-state index in [0.29, 0.717) is 17.3 Å². The van der Waals surface area contributed by atoms with E-state index in [0.717, 1.165) is 18.2 Å².